The molecular weight excluding hydrogens is 358 g/mol. The van der Waals surface area contributed by atoms with Crippen molar-refractivity contribution in [1.29, 1.82) is 0 Å². The van der Waals surface area contributed by atoms with Gasteiger partial charge in [0.25, 0.3) is 17.0 Å². The van der Waals surface area contributed by atoms with Crippen molar-refractivity contribution in [3.05, 3.63) is 46.0 Å². The molecule has 0 radical (unpaired) electrons. The Morgan fingerprint density at radius 3 is 2.84 bits per heavy atom. The van der Waals surface area contributed by atoms with Gasteiger partial charge in [-0.15, -0.1) is 21.5 Å². The van der Waals surface area contributed by atoms with Gasteiger partial charge in [-0.05, 0) is 26.0 Å². The SMILES string of the molecule is Cc1cccc(-c2nc(CSc3nnc(-c4csc(C)n4)o3)no2)c1. The van der Waals surface area contributed by atoms with E-state index in [-0.39, 0.29) is 0 Å². The third-order valence-corrected chi connectivity index (χ3v) is 4.89. The van der Waals surface area contributed by atoms with Gasteiger partial charge in [-0.3, -0.25) is 0 Å². The molecule has 0 bridgehead atoms. The van der Waals surface area contributed by atoms with Crippen LogP contribution in [0.5, 0.6) is 0 Å². The first-order valence-electron chi connectivity index (χ1n) is 7.46. The van der Waals surface area contributed by atoms with Crippen LogP contribution in [-0.2, 0) is 5.75 Å². The molecule has 4 aromatic rings. The number of aromatic nitrogens is 5. The molecule has 1 aromatic carbocycles. The van der Waals surface area contributed by atoms with E-state index in [1.165, 1.54) is 11.8 Å². The molecule has 9 heteroatoms. The summed E-state index contributed by atoms with van der Waals surface area (Å²) < 4.78 is 10.9. The van der Waals surface area contributed by atoms with Crippen molar-refractivity contribution >= 4 is 23.1 Å². The van der Waals surface area contributed by atoms with E-state index in [1.807, 2.05) is 43.5 Å². The Kier molecular flexibility index (Phi) is 4.33. The van der Waals surface area contributed by atoms with Crippen molar-refractivity contribution in [1.82, 2.24) is 25.3 Å². The van der Waals surface area contributed by atoms with E-state index in [0.29, 0.717) is 34.3 Å². The van der Waals surface area contributed by atoms with Gasteiger partial charge < -0.3 is 8.94 Å². The summed E-state index contributed by atoms with van der Waals surface area (Å²) in [4.78, 5) is 8.74. The molecule has 0 unspecified atom stereocenters. The van der Waals surface area contributed by atoms with E-state index in [9.17, 15) is 0 Å². The average molecular weight is 371 g/mol. The van der Waals surface area contributed by atoms with Crippen molar-refractivity contribution in [2.24, 2.45) is 0 Å². The molecule has 0 saturated heterocycles. The van der Waals surface area contributed by atoms with Gasteiger partial charge in [-0.1, -0.05) is 34.6 Å². The minimum Gasteiger partial charge on any atom is -0.410 e. The predicted molar refractivity (Wildman–Crippen MR) is 94.2 cm³/mol. The molecule has 126 valence electrons. The smallest absolute Gasteiger partial charge is 0.277 e. The van der Waals surface area contributed by atoms with E-state index < -0.39 is 0 Å². The van der Waals surface area contributed by atoms with E-state index in [1.54, 1.807) is 11.3 Å². The molecule has 0 fully saturated rings. The minimum absolute atomic E-state index is 0.417. The van der Waals surface area contributed by atoms with Gasteiger partial charge in [0.05, 0.1) is 10.8 Å². The summed E-state index contributed by atoms with van der Waals surface area (Å²) in [5, 5.41) is 15.3. The molecule has 25 heavy (non-hydrogen) atoms. The van der Waals surface area contributed by atoms with Gasteiger partial charge in [0, 0.05) is 10.9 Å². The zero-order valence-electron chi connectivity index (χ0n) is 13.5. The number of aryl methyl sites for hydroxylation is 2. The molecule has 0 amide bonds. The maximum atomic E-state index is 5.61. The number of benzene rings is 1. The van der Waals surface area contributed by atoms with Gasteiger partial charge in [0.2, 0.25) is 0 Å². The highest BCUT2D eigenvalue weighted by Gasteiger charge is 2.14. The second-order valence-electron chi connectivity index (χ2n) is 5.30. The first kappa shape index (κ1) is 16.0. The van der Waals surface area contributed by atoms with E-state index >= 15 is 0 Å². The molecule has 0 aliphatic carbocycles. The Balaban J connectivity index is 1.43. The monoisotopic (exact) mass is 371 g/mol. The fourth-order valence-corrected chi connectivity index (χ4v) is 3.36. The van der Waals surface area contributed by atoms with Crippen molar-refractivity contribution < 1.29 is 8.94 Å². The van der Waals surface area contributed by atoms with Crippen LogP contribution in [0.25, 0.3) is 23.0 Å². The molecule has 0 aliphatic rings. The largest absolute Gasteiger partial charge is 0.410 e. The lowest BCUT2D eigenvalue weighted by Gasteiger charge is -1.95. The highest BCUT2D eigenvalue weighted by Crippen LogP contribution is 2.26. The first-order valence-corrected chi connectivity index (χ1v) is 9.32. The Hall–Kier alpha value is -2.52. The van der Waals surface area contributed by atoms with Crippen LogP contribution in [0, 0.1) is 13.8 Å². The van der Waals surface area contributed by atoms with Crippen molar-refractivity contribution in [2.75, 3.05) is 0 Å². The molecule has 0 saturated carbocycles. The van der Waals surface area contributed by atoms with Crippen LogP contribution in [0.15, 0.2) is 43.8 Å². The molecule has 3 aromatic heterocycles. The Morgan fingerprint density at radius 1 is 1.12 bits per heavy atom. The zero-order valence-corrected chi connectivity index (χ0v) is 15.1. The molecule has 4 rings (SSSR count). The number of rotatable bonds is 5. The third-order valence-electron chi connectivity index (χ3n) is 3.30. The lowest BCUT2D eigenvalue weighted by atomic mass is 10.1. The molecule has 3 heterocycles. The van der Waals surface area contributed by atoms with Gasteiger partial charge in [0.15, 0.2) is 5.82 Å². The lowest BCUT2D eigenvalue weighted by molar-refractivity contribution is 0.425. The van der Waals surface area contributed by atoms with E-state index in [4.69, 9.17) is 8.94 Å². The molecule has 0 spiro atoms. The number of thioether (sulfide) groups is 1. The summed E-state index contributed by atoms with van der Waals surface area (Å²) >= 11 is 2.90. The fraction of sp³-hybridized carbons (Fsp3) is 0.188. The summed E-state index contributed by atoms with van der Waals surface area (Å²) in [6, 6.07) is 7.93. The van der Waals surface area contributed by atoms with Crippen LogP contribution < -0.4 is 0 Å². The predicted octanol–water partition coefficient (Wildman–Crippen LogP) is 4.15. The van der Waals surface area contributed by atoms with Crippen LogP contribution >= 0.6 is 23.1 Å². The zero-order chi connectivity index (χ0) is 17.2. The number of nitrogens with zero attached hydrogens (tertiary/aromatic N) is 5. The standard InChI is InChI=1S/C16H13N5O2S2/c1-9-4-3-5-11(6-9)14-18-13(21-23-14)8-25-16-20-19-15(22-16)12-7-24-10(2)17-12/h3-7H,8H2,1-2H3. The first-order chi connectivity index (χ1) is 12.2. The highest BCUT2D eigenvalue weighted by molar-refractivity contribution is 7.98. The van der Waals surface area contributed by atoms with Crippen LogP contribution in [0.2, 0.25) is 0 Å². The van der Waals surface area contributed by atoms with Crippen molar-refractivity contribution in [3.8, 4) is 23.0 Å². The Morgan fingerprint density at radius 2 is 2.04 bits per heavy atom. The van der Waals surface area contributed by atoms with Crippen LogP contribution in [0.4, 0.5) is 0 Å². The molecule has 0 aliphatic heterocycles. The number of thiazole rings is 1. The topological polar surface area (TPSA) is 90.7 Å². The maximum absolute atomic E-state index is 5.61. The molecule has 7 nitrogen and oxygen atoms in total. The van der Waals surface area contributed by atoms with E-state index in [0.717, 1.165) is 16.1 Å². The van der Waals surface area contributed by atoms with Crippen LogP contribution in [-0.4, -0.2) is 25.3 Å². The third kappa shape index (κ3) is 3.62. The fourth-order valence-electron chi connectivity index (χ4n) is 2.17. The summed E-state index contributed by atoms with van der Waals surface area (Å²) in [5.41, 5.74) is 2.74. The van der Waals surface area contributed by atoms with Gasteiger partial charge >= 0.3 is 0 Å². The highest BCUT2D eigenvalue weighted by atomic mass is 32.2. The Labute approximate surface area is 151 Å². The molecular formula is C16H13N5O2S2. The van der Waals surface area contributed by atoms with Gasteiger partial charge in [-0.25, -0.2) is 4.98 Å². The summed E-state index contributed by atoms with van der Waals surface area (Å²) in [5.74, 6) is 1.97. The second kappa shape index (κ2) is 6.77. The number of hydrogen-bond donors (Lipinski definition) is 0. The van der Waals surface area contributed by atoms with Crippen molar-refractivity contribution in [3.63, 3.8) is 0 Å². The number of hydrogen-bond acceptors (Lipinski definition) is 9. The van der Waals surface area contributed by atoms with Crippen LogP contribution in [0.3, 0.4) is 0 Å². The Bertz CT molecular complexity index is 1010. The van der Waals surface area contributed by atoms with Gasteiger partial charge in [0.1, 0.15) is 5.69 Å². The molecule has 0 atom stereocenters. The lowest BCUT2D eigenvalue weighted by Crippen LogP contribution is -1.84. The summed E-state index contributed by atoms with van der Waals surface area (Å²) in [6.45, 7) is 3.95. The van der Waals surface area contributed by atoms with Crippen molar-refractivity contribution in [2.45, 2.75) is 24.8 Å². The van der Waals surface area contributed by atoms with E-state index in [2.05, 4.69) is 25.3 Å². The van der Waals surface area contributed by atoms with Crippen LogP contribution in [0.1, 0.15) is 16.4 Å². The van der Waals surface area contributed by atoms with Gasteiger partial charge in [-0.2, -0.15) is 4.98 Å². The maximum Gasteiger partial charge on any atom is 0.277 e. The summed E-state index contributed by atoms with van der Waals surface area (Å²) in [6.07, 6.45) is 0. The second-order valence-corrected chi connectivity index (χ2v) is 7.29. The molecule has 0 N–H and O–H groups in total. The quantitative estimate of drug-likeness (QED) is 0.483. The average Bonchev–Trinajstić information content (AvgIpc) is 3.33. The summed E-state index contributed by atoms with van der Waals surface area (Å²) in [7, 11) is 0. The minimum atomic E-state index is 0.417. The normalized spacial score (nSPS) is 11.1.